The first-order valence-electron chi connectivity index (χ1n) is 5.21. The second-order valence-electron chi connectivity index (χ2n) is 4.05. The molecule has 1 aliphatic heterocycles. The highest BCUT2D eigenvalue weighted by Crippen LogP contribution is 2.31. The highest BCUT2D eigenvalue weighted by Gasteiger charge is 2.35. The fourth-order valence-corrected chi connectivity index (χ4v) is 2.11. The van der Waals surface area contributed by atoms with Crippen molar-refractivity contribution in [2.24, 2.45) is 0 Å². The number of carbonyl (C=O) groups is 1. The van der Waals surface area contributed by atoms with Crippen molar-refractivity contribution in [3.63, 3.8) is 0 Å². The molecular formula is C12H15NO2. The Hall–Kier alpha value is -1.19. The molecule has 3 nitrogen and oxygen atoms in total. The summed E-state index contributed by atoms with van der Waals surface area (Å²) in [4.78, 5) is 10.7. The van der Waals surface area contributed by atoms with Crippen LogP contribution in [0.3, 0.4) is 0 Å². The number of piperidine rings is 1. The predicted molar refractivity (Wildman–Crippen MR) is 57.4 cm³/mol. The Kier molecular flexibility index (Phi) is 2.84. The molecule has 0 bridgehead atoms. The molecule has 0 radical (unpaired) electrons. The third-order valence-corrected chi connectivity index (χ3v) is 2.98. The van der Waals surface area contributed by atoms with Crippen molar-refractivity contribution >= 4 is 6.29 Å². The van der Waals surface area contributed by atoms with E-state index >= 15 is 0 Å². The molecule has 1 heterocycles. The predicted octanol–water partition coefficient (Wildman–Crippen LogP) is 0.825. The van der Waals surface area contributed by atoms with Gasteiger partial charge in [-0.15, -0.1) is 0 Å². The number of benzene rings is 1. The molecule has 2 atom stereocenters. The normalized spacial score (nSPS) is 31.1. The summed E-state index contributed by atoms with van der Waals surface area (Å²) in [5, 5.41) is 13.5. The lowest BCUT2D eigenvalue weighted by atomic mass is 9.82. The molecule has 0 amide bonds. The topological polar surface area (TPSA) is 49.3 Å². The highest BCUT2D eigenvalue weighted by atomic mass is 16.3. The fraction of sp³-hybridized carbons (Fsp3) is 0.417. The maximum Gasteiger partial charge on any atom is 0.137 e. The second-order valence-corrected chi connectivity index (χ2v) is 4.05. The summed E-state index contributed by atoms with van der Waals surface area (Å²) in [5.41, 5.74) is 0.0521. The number of hydrogen-bond acceptors (Lipinski definition) is 3. The molecule has 15 heavy (non-hydrogen) atoms. The van der Waals surface area contributed by atoms with Crippen LogP contribution in [-0.2, 0) is 10.4 Å². The van der Waals surface area contributed by atoms with Crippen LogP contribution in [0.1, 0.15) is 18.4 Å². The van der Waals surface area contributed by atoms with Crippen molar-refractivity contribution in [3.8, 4) is 0 Å². The zero-order valence-electron chi connectivity index (χ0n) is 8.52. The Morgan fingerprint density at radius 2 is 2.13 bits per heavy atom. The van der Waals surface area contributed by atoms with Gasteiger partial charge in [-0.3, -0.25) is 0 Å². The maximum atomic E-state index is 10.7. The van der Waals surface area contributed by atoms with Crippen molar-refractivity contribution in [2.75, 3.05) is 6.54 Å². The third-order valence-electron chi connectivity index (χ3n) is 2.98. The summed E-state index contributed by atoms with van der Waals surface area (Å²) in [7, 11) is 0. The van der Waals surface area contributed by atoms with Gasteiger partial charge in [0.15, 0.2) is 0 Å². The largest absolute Gasteiger partial charge is 0.385 e. The van der Waals surface area contributed by atoms with E-state index < -0.39 is 5.60 Å². The van der Waals surface area contributed by atoms with Crippen LogP contribution in [0.4, 0.5) is 0 Å². The van der Waals surface area contributed by atoms with Gasteiger partial charge in [0.05, 0.1) is 11.6 Å². The number of rotatable bonds is 2. The molecule has 0 aliphatic carbocycles. The van der Waals surface area contributed by atoms with Crippen LogP contribution in [0.25, 0.3) is 0 Å². The van der Waals surface area contributed by atoms with Crippen LogP contribution < -0.4 is 5.32 Å². The molecule has 2 rings (SSSR count). The minimum atomic E-state index is -0.849. The highest BCUT2D eigenvalue weighted by molar-refractivity contribution is 5.58. The summed E-state index contributed by atoms with van der Waals surface area (Å²) in [6.45, 7) is 0.675. The summed E-state index contributed by atoms with van der Waals surface area (Å²) in [5.74, 6) is 0. The van der Waals surface area contributed by atoms with Gasteiger partial charge in [0, 0.05) is 6.42 Å². The summed E-state index contributed by atoms with van der Waals surface area (Å²) in [6.07, 6.45) is 1.98. The Morgan fingerprint density at radius 3 is 2.80 bits per heavy atom. The van der Waals surface area contributed by atoms with Gasteiger partial charge in [0.2, 0.25) is 0 Å². The molecule has 0 spiro atoms. The lowest BCUT2D eigenvalue weighted by Crippen LogP contribution is -2.47. The van der Waals surface area contributed by atoms with Crippen LogP contribution >= 0.6 is 0 Å². The van der Waals surface area contributed by atoms with E-state index in [0.29, 0.717) is 19.4 Å². The van der Waals surface area contributed by atoms with Gasteiger partial charge in [0.25, 0.3) is 0 Å². The summed E-state index contributed by atoms with van der Waals surface area (Å²) < 4.78 is 0. The van der Waals surface area contributed by atoms with Crippen LogP contribution in [-0.4, -0.2) is 24.0 Å². The Bertz CT molecular complexity index is 339. The van der Waals surface area contributed by atoms with Crippen LogP contribution in [0.2, 0.25) is 0 Å². The number of nitrogens with one attached hydrogen (secondary N) is 1. The smallest absolute Gasteiger partial charge is 0.137 e. The average Bonchev–Trinajstić information content (AvgIpc) is 2.30. The summed E-state index contributed by atoms with van der Waals surface area (Å²) >= 11 is 0. The molecule has 3 heteroatoms. The second kappa shape index (κ2) is 4.13. The fourth-order valence-electron chi connectivity index (χ4n) is 2.11. The lowest BCUT2D eigenvalue weighted by Gasteiger charge is -2.36. The van der Waals surface area contributed by atoms with E-state index in [9.17, 15) is 9.90 Å². The SMILES string of the molecule is O=CC1CC(O)(c2ccccc2)CCN1. The van der Waals surface area contributed by atoms with E-state index in [4.69, 9.17) is 0 Å². The van der Waals surface area contributed by atoms with E-state index in [1.54, 1.807) is 0 Å². The molecule has 1 fully saturated rings. The van der Waals surface area contributed by atoms with E-state index in [2.05, 4.69) is 5.32 Å². The first-order chi connectivity index (χ1) is 7.24. The van der Waals surface area contributed by atoms with Crippen molar-refractivity contribution in [1.82, 2.24) is 5.32 Å². The van der Waals surface area contributed by atoms with E-state index in [1.165, 1.54) is 0 Å². The Morgan fingerprint density at radius 1 is 1.40 bits per heavy atom. The van der Waals surface area contributed by atoms with E-state index in [1.807, 2.05) is 30.3 Å². The van der Waals surface area contributed by atoms with Gasteiger partial charge < -0.3 is 15.2 Å². The van der Waals surface area contributed by atoms with Crippen molar-refractivity contribution in [3.05, 3.63) is 35.9 Å². The minimum absolute atomic E-state index is 0.232. The van der Waals surface area contributed by atoms with E-state index in [0.717, 1.165) is 11.8 Å². The number of carbonyl (C=O) groups excluding carboxylic acids is 1. The molecular weight excluding hydrogens is 190 g/mol. The Labute approximate surface area is 89.1 Å². The Balaban J connectivity index is 2.22. The van der Waals surface area contributed by atoms with E-state index in [-0.39, 0.29) is 6.04 Å². The molecule has 2 N–H and O–H groups in total. The maximum absolute atomic E-state index is 10.7. The monoisotopic (exact) mass is 205 g/mol. The number of aliphatic hydroxyl groups is 1. The molecule has 2 unspecified atom stereocenters. The standard InChI is InChI=1S/C12H15NO2/c14-9-11-8-12(15,6-7-13-11)10-4-2-1-3-5-10/h1-5,9,11,13,15H,6-8H2. The number of hydrogen-bond donors (Lipinski definition) is 2. The minimum Gasteiger partial charge on any atom is -0.385 e. The average molecular weight is 205 g/mol. The van der Waals surface area contributed by atoms with Gasteiger partial charge >= 0.3 is 0 Å². The molecule has 0 saturated carbocycles. The van der Waals surface area contributed by atoms with Gasteiger partial charge in [-0.05, 0) is 18.5 Å². The van der Waals surface area contributed by atoms with Crippen LogP contribution in [0.5, 0.6) is 0 Å². The molecule has 80 valence electrons. The van der Waals surface area contributed by atoms with Crippen LogP contribution in [0.15, 0.2) is 30.3 Å². The zero-order chi connectivity index (χ0) is 10.7. The van der Waals surface area contributed by atoms with Gasteiger partial charge in [-0.25, -0.2) is 0 Å². The van der Waals surface area contributed by atoms with Crippen molar-refractivity contribution < 1.29 is 9.90 Å². The van der Waals surface area contributed by atoms with Gasteiger partial charge in [0.1, 0.15) is 6.29 Å². The molecule has 1 aromatic carbocycles. The van der Waals surface area contributed by atoms with Gasteiger partial charge in [-0.2, -0.15) is 0 Å². The summed E-state index contributed by atoms with van der Waals surface area (Å²) in [6, 6.07) is 9.33. The molecule has 1 aromatic rings. The molecule has 1 saturated heterocycles. The lowest BCUT2D eigenvalue weighted by molar-refractivity contribution is -0.113. The molecule has 0 aromatic heterocycles. The van der Waals surface area contributed by atoms with Crippen LogP contribution in [0, 0.1) is 0 Å². The van der Waals surface area contributed by atoms with Crippen molar-refractivity contribution in [1.29, 1.82) is 0 Å². The zero-order valence-corrected chi connectivity index (χ0v) is 8.52. The first-order valence-corrected chi connectivity index (χ1v) is 5.21. The quantitative estimate of drug-likeness (QED) is 0.703. The number of aldehydes is 1. The molecule has 1 aliphatic rings. The van der Waals surface area contributed by atoms with Crippen molar-refractivity contribution in [2.45, 2.75) is 24.5 Å². The third kappa shape index (κ3) is 2.08. The first kappa shape index (κ1) is 10.3. The van der Waals surface area contributed by atoms with Gasteiger partial charge in [-0.1, -0.05) is 30.3 Å².